The molecule has 0 aliphatic rings. The number of hydrogen-bond donors (Lipinski definition) is 1. The largest absolute Gasteiger partial charge is 0.349 e. The highest BCUT2D eigenvalue weighted by Crippen LogP contribution is 2.18. The Balaban J connectivity index is 2.09. The number of thiazole rings is 1. The highest BCUT2D eigenvalue weighted by Gasteiger charge is 2.21. The van der Waals surface area contributed by atoms with Crippen molar-refractivity contribution in [1.29, 1.82) is 0 Å². The van der Waals surface area contributed by atoms with Gasteiger partial charge in [-0.25, -0.2) is 4.98 Å². The smallest absolute Gasteiger partial charge is 0.270 e. The molecule has 0 bridgehead atoms. The molecule has 1 heterocycles. The molecule has 2 aromatic rings. The molecule has 28 heavy (non-hydrogen) atoms. The van der Waals surface area contributed by atoms with Gasteiger partial charge in [0.05, 0.1) is 6.54 Å². The second kappa shape index (κ2) is 10.4. The maximum atomic E-state index is 13.0. The molecule has 0 aliphatic carbocycles. The first-order valence-corrected chi connectivity index (χ1v) is 10.8. The highest BCUT2D eigenvalue weighted by atomic mass is 32.1. The van der Waals surface area contributed by atoms with E-state index in [1.807, 2.05) is 52.0 Å². The second-order valence-electron chi connectivity index (χ2n) is 7.58. The third kappa shape index (κ3) is 6.16. The third-order valence-electron chi connectivity index (χ3n) is 4.41. The van der Waals surface area contributed by atoms with Gasteiger partial charge >= 0.3 is 0 Å². The standard InChI is InChI=1S/C22H31N3O2S/c1-6-7-8-17-9-11-18(12-10-17)22(27)25(16(4)5)13-20-24-19(14-28-20)21(26)23-15(2)3/h9-12,14-16H,6-8,13H2,1-5H3,(H,23,26). The van der Waals surface area contributed by atoms with Crippen LogP contribution in [0.15, 0.2) is 29.6 Å². The molecule has 2 rings (SSSR count). The molecule has 5 nitrogen and oxygen atoms in total. The molecule has 2 amide bonds. The van der Waals surface area contributed by atoms with Crippen LogP contribution in [0.25, 0.3) is 0 Å². The molecule has 1 aromatic heterocycles. The molecule has 0 spiro atoms. The Morgan fingerprint density at radius 2 is 1.82 bits per heavy atom. The zero-order valence-corrected chi connectivity index (χ0v) is 18.3. The average Bonchev–Trinajstić information content (AvgIpc) is 3.12. The summed E-state index contributed by atoms with van der Waals surface area (Å²) in [6.45, 7) is 10.4. The summed E-state index contributed by atoms with van der Waals surface area (Å²) in [5, 5.41) is 5.35. The lowest BCUT2D eigenvalue weighted by molar-refractivity contribution is 0.0690. The van der Waals surface area contributed by atoms with Crippen LogP contribution in [0.2, 0.25) is 0 Å². The quantitative estimate of drug-likeness (QED) is 0.664. The number of aromatic nitrogens is 1. The number of hydrogen-bond acceptors (Lipinski definition) is 4. The molecule has 0 saturated carbocycles. The molecular weight excluding hydrogens is 370 g/mol. The van der Waals surface area contributed by atoms with Crippen molar-refractivity contribution in [3.63, 3.8) is 0 Å². The van der Waals surface area contributed by atoms with Crippen LogP contribution >= 0.6 is 11.3 Å². The molecule has 0 atom stereocenters. The van der Waals surface area contributed by atoms with Gasteiger partial charge in [0.2, 0.25) is 0 Å². The Bertz CT molecular complexity index is 781. The van der Waals surface area contributed by atoms with Gasteiger partial charge in [-0.3, -0.25) is 9.59 Å². The Kier molecular flexibility index (Phi) is 8.18. The van der Waals surface area contributed by atoms with E-state index in [-0.39, 0.29) is 23.9 Å². The van der Waals surface area contributed by atoms with Crippen molar-refractivity contribution in [3.8, 4) is 0 Å². The summed E-state index contributed by atoms with van der Waals surface area (Å²) >= 11 is 1.41. The van der Waals surface area contributed by atoms with Crippen molar-refractivity contribution in [2.75, 3.05) is 0 Å². The van der Waals surface area contributed by atoms with Crippen molar-refractivity contribution < 1.29 is 9.59 Å². The van der Waals surface area contributed by atoms with Gasteiger partial charge < -0.3 is 10.2 Å². The van der Waals surface area contributed by atoms with E-state index in [0.717, 1.165) is 24.3 Å². The number of carbonyl (C=O) groups is 2. The maximum absolute atomic E-state index is 13.0. The maximum Gasteiger partial charge on any atom is 0.270 e. The van der Waals surface area contributed by atoms with E-state index in [1.165, 1.54) is 16.9 Å². The first kappa shape index (κ1) is 22.1. The molecule has 1 aromatic carbocycles. The van der Waals surface area contributed by atoms with Gasteiger partial charge in [0.25, 0.3) is 11.8 Å². The third-order valence-corrected chi connectivity index (χ3v) is 5.25. The zero-order chi connectivity index (χ0) is 20.7. The monoisotopic (exact) mass is 401 g/mol. The van der Waals surface area contributed by atoms with Gasteiger partial charge in [0.1, 0.15) is 10.7 Å². The van der Waals surface area contributed by atoms with Crippen LogP contribution in [0.5, 0.6) is 0 Å². The normalized spacial score (nSPS) is 11.1. The van der Waals surface area contributed by atoms with E-state index in [0.29, 0.717) is 17.8 Å². The summed E-state index contributed by atoms with van der Waals surface area (Å²) in [6.07, 6.45) is 3.36. The van der Waals surface area contributed by atoms with Crippen LogP contribution in [-0.4, -0.2) is 33.8 Å². The Labute approximate surface area is 172 Å². The number of rotatable bonds is 9. The molecule has 152 valence electrons. The number of nitrogens with one attached hydrogen (secondary N) is 1. The van der Waals surface area contributed by atoms with Crippen LogP contribution in [0.3, 0.4) is 0 Å². The van der Waals surface area contributed by atoms with Crippen LogP contribution in [-0.2, 0) is 13.0 Å². The number of aryl methyl sites for hydroxylation is 1. The number of amides is 2. The predicted octanol–water partition coefficient (Wildman–Crippen LogP) is 4.67. The van der Waals surface area contributed by atoms with Gasteiger partial charge in [0.15, 0.2) is 0 Å². The average molecular weight is 402 g/mol. The van der Waals surface area contributed by atoms with E-state index in [9.17, 15) is 9.59 Å². The fourth-order valence-electron chi connectivity index (χ4n) is 2.82. The number of carbonyl (C=O) groups excluding carboxylic acids is 2. The first-order chi connectivity index (χ1) is 13.3. The number of unbranched alkanes of at least 4 members (excludes halogenated alkanes) is 1. The molecule has 0 aliphatic heterocycles. The molecular formula is C22H31N3O2S. The summed E-state index contributed by atoms with van der Waals surface area (Å²) in [4.78, 5) is 31.3. The molecule has 0 fully saturated rings. The topological polar surface area (TPSA) is 62.3 Å². The SMILES string of the molecule is CCCCc1ccc(C(=O)N(Cc2nc(C(=O)NC(C)C)cs2)C(C)C)cc1. The summed E-state index contributed by atoms with van der Waals surface area (Å²) in [6, 6.07) is 7.99. The summed E-state index contributed by atoms with van der Waals surface area (Å²) in [5.74, 6) is -0.192. The predicted molar refractivity (Wildman–Crippen MR) is 115 cm³/mol. The minimum Gasteiger partial charge on any atom is -0.349 e. The van der Waals surface area contributed by atoms with Crippen LogP contribution in [0.4, 0.5) is 0 Å². The minimum atomic E-state index is -0.178. The molecule has 0 radical (unpaired) electrons. The summed E-state index contributed by atoms with van der Waals surface area (Å²) < 4.78 is 0. The minimum absolute atomic E-state index is 0.0135. The van der Waals surface area contributed by atoms with Gasteiger partial charge in [-0.05, 0) is 58.2 Å². The van der Waals surface area contributed by atoms with Gasteiger partial charge in [0, 0.05) is 23.0 Å². The van der Waals surface area contributed by atoms with Gasteiger partial charge in [-0.2, -0.15) is 0 Å². The van der Waals surface area contributed by atoms with Crippen molar-refractivity contribution in [1.82, 2.24) is 15.2 Å². The van der Waals surface area contributed by atoms with E-state index < -0.39 is 0 Å². The molecule has 0 saturated heterocycles. The number of nitrogens with zero attached hydrogens (tertiary/aromatic N) is 2. The van der Waals surface area contributed by atoms with Crippen molar-refractivity contribution in [2.24, 2.45) is 0 Å². The van der Waals surface area contributed by atoms with E-state index in [1.54, 1.807) is 10.3 Å². The van der Waals surface area contributed by atoms with Crippen molar-refractivity contribution in [2.45, 2.75) is 72.5 Å². The summed E-state index contributed by atoms with van der Waals surface area (Å²) in [7, 11) is 0. The van der Waals surface area contributed by atoms with Gasteiger partial charge in [-0.15, -0.1) is 11.3 Å². The van der Waals surface area contributed by atoms with Crippen molar-refractivity contribution >= 4 is 23.2 Å². The van der Waals surface area contributed by atoms with Gasteiger partial charge in [-0.1, -0.05) is 25.5 Å². The first-order valence-electron chi connectivity index (χ1n) is 9.97. The molecule has 0 unspecified atom stereocenters. The lowest BCUT2D eigenvalue weighted by atomic mass is 10.1. The van der Waals surface area contributed by atoms with Crippen LogP contribution in [0.1, 0.15) is 78.9 Å². The van der Waals surface area contributed by atoms with Crippen LogP contribution < -0.4 is 5.32 Å². The van der Waals surface area contributed by atoms with Crippen LogP contribution in [0, 0.1) is 0 Å². The lowest BCUT2D eigenvalue weighted by Crippen LogP contribution is -2.36. The van der Waals surface area contributed by atoms with E-state index >= 15 is 0 Å². The Morgan fingerprint density at radius 3 is 2.39 bits per heavy atom. The second-order valence-corrected chi connectivity index (χ2v) is 8.52. The fraction of sp³-hybridized carbons (Fsp3) is 0.500. The fourth-order valence-corrected chi connectivity index (χ4v) is 3.59. The van der Waals surface area contributed by atoms with E-state index in [4.69, 9.17) is 0 Å². The lowest BCUT2D eigenvalue weighted by Gasteiger charge is -2.26. The highest BCUT2D eigenvalue weighted by molar-refractivity contribution is 7.09. The number of benzene rings is 1. The zero-order valence-electron chi connectivity index (χ0n) is 17.5. The van der Waals surface area contributed by atoms with Crippen molar-refractivity contribution in [3.05, 3.63) is 51.5 Å². The molecule has 6 heteroatoms. The van der Waals surface area contributed by atoms with E-state index in [2.05, 4.69) is 17.2 Å². The molecule has 1 N–H and O–H groups in total. The Morgan fingerprint density at radius 1 is 1.14 bits per heavy atom. The Hall–Kier alpha value is -2.21. The summed E-state index contributed by atoms with van der Waals surface area (Å²) in [5.41, 5.74) is 2.35.